The lowest BCUT2D eigenvalue weighted by Gasteiger charge is -2.20. The fraction of sp³-hybridized carbons (Fsp3) is 0.478. The van der Waals surface area contributed by atoms with Crippen LogP contribution in [0.2, 0.25) is 0 Å². The molecular weight excluding hydrogens is 350 g/mol. The molecule has 0 unspecified atom stereocenters. The SMILES string of the molecule is CCCCOc1cc(N(C)/N=C/c2cccc[n+]2C)c(OCCCC)cc1C. The van der Waals surface area contributed by atoms with Crippen molar-refractivity contribution in [2.75, 3.05) is 25.3 Å². The van der Waals surface area contributed by atoms with Crippen LogP contribution in [-0.2, 0) is 7.05 Å². The molecule has 152 valence electrons. The van der Waals surface area contributed by atoms with Crippen molar-refractivity contribution in [1.82, 2.24) is 0 Å². The van der Waals surface area contributed by atoms with Crippen molar-refractivity contribution in [1.29, 1.82) is 0 Å². The van der Waals surface area contributed by atoms with Crippen LogP contribution < -0.4 is 19.0 Å². The van der Waals surface area contributed by atoms with Crippen LogP contribution >= 0.6 is 0 Å². The van der Waals surface area contributed by atoms with Crippen molar-refractivity contribution >= 4 is 11.9 Å². The number of pyridine rings is 1. The Morgan fingerprint density at radius 3 is 2.36 bits per heavy atom. The summed E-state index contributed by atoms with van der Waals surface area (Å²) in [6, 6.07) is 10.1. The number of rotatable bonds is 11. The number of benzene rings is 1. The highest BCUT2D eigenvalue weighted by Crippen LogP contribution is 2.35. The summed E-state index contributed by atoms with van der Waals surface area (Å²) < 4.78 is 14.1. The van der Waals surface area contributed by atoms with Crippen LogP contribution in [0.5, 0.6) is 11.5 Å². The van der Waals surface area contributed by atoms with Crippen LogP contribution in [0.3, 0.4) is 0 Å². The van der Waals surface area contributed by atoms with Crippen molar-refractivity contribution < 1.29 is 14.0 Å². The van der Waals surface area contributed by atoms with E-state index in [0.717, 1.165) is 60.7 Å². The average Bonchev–Trinajstić information content (AvgIpc) is 2.69. The molecule has 0 spiro atoms. The van der Waals surface area contributed by atoms with Crippen molar-refractivity contribution in [3.63, 3.8) is 0 Å². The summed E-state index contributed by atoms with van der Waals surface area (Å²) in [5, 5.41) is 6.48. The lowest BCUT2D eigenvalue weighted by Crippen LogP contribution is -2.32. The van der Waals surface area contributed by atoms with Crippen LogP contribution in [0.25, 0.3) is 0 Å². The topological polar surface area (TPSA) is 37.9 Å². The van der Waals surface area contributed by atoms with Crippen molar-refractivity contribution in [3.8, 4) is 11.5 Å². The van der Waals surface area contributed by atoms with Crippen molar-refractivity contribution in [2.45, 2.75) is 46.5 Å². The Hall–Kier alpha value is -2.56. The predicted molar refractivity (Wildman–Crippen MR) is 116 cm³/mol. The Labute approximate surface area is 169 Å². The maximum atomic E-state index is 6.06. The molecule has 0 aliphatic carbocycles. The highest BCUT2D eigenvalue weighted by molar-refractivity contribution is 5.76. The largest absolute Gasteiger partial charge is 0.493 e. The molecule has 0 amide bonds. The van der Waals surface area contributed by atoms with Gasteiger partial charge in [-0.2, -0.15) is 5.10 Å². The van der Waals surface area contributed by atoms with Crippen LogP contribution in [0.15, 0.2) is 41.6 Å². The minimum absolute atomic E-state index is 0.699. The van der Waals surface area contributed by atoms with E-state index in [1.165, 1.54) is 0 Å². The van der Waals surface area contributed by atoms with E-state index in [1.807, 2.05) is 60.3 Å². The number of aryl methyl sites for hydroxylation is 2. The Morgan fingerprint density at radius 1 is 1.04 bits per heavy atom. The number of nitrogens with zero attached hydrogens (tertiary/aromatic N) is 3. The van der Waals surface area contributed by atoms with E-state index in [9.17, 15) is 0 Å². The molecule has 1 heterocycles. The molecule has 0 atom stereocenters. The summed E-state index contributed by atoms with van der Waals surface area (Å²) in [6.07, 6.45) is 8.15. The highest BCUT2D eigenvalue weighted by atomic mass is 16.5. The van der Waals surface area contributed by atoms with Crippen LogP contribution in [0.4, 0.5) is 5.69 Å². The molecular formula is C23H34N3O2+. The zero-order chi connectivity index (χ0) is 20.4. The highest BCUT2D eigenvalue weighted by Gasteiger charge is 2.14. The monoisotopic (exact) mass is 384 g/mol. The van der Waals surface area contributed by atoms with E-state index >= 15 is 0 Å². The third-order valence-corrected chi connectivity index (χ3v) is 4.57. The normalized spacial score (nSPS) is 11.0. The van der Waals surface area contributed by atoms with Crippen LogP contribution in [0.1, 0.15) is 50.8 Å². The van der Waals surface area contributed by atoms with Gasteiger partial charge in [-0.3, -0.25) is 5.01 Å². The third kappa shape index (κ3) is 6.25. The minimum atomic E-state index is 0.699. The number of ether oxygens (including phenoxy) is 2. The van der Waals surface area contributed by atoms with E-state index in [0.29, 0.717) is 6.61 Å². The zero-order valence-corrected chi connectivity index (χ0v) is 17.9. The summed E-state index contributed by atoms with van der Waals surface area (Å²) >= 11 is 0. The Kier molecular flexibility index (Phi) is 8.79. The molecule has 2 aromatic rings. The molecule has 0 radical (unpaired) electrons. The molecule has 0 saturated carbocycles. The van der Waals surface area contributed by atoms with Gasteiger partial charge in [0.2, 0.25) is 5.69 Å². The van der Waals surface area contributed by atoms with Crippen molar-refractivity contribution in [2.24, 2.45) is 12.1 Å². The third-order valence-electron chi connectivity index (χ3n) is 4.57. The smallest absolute Gasteiger partial charge is 0.225 e. The molecule has 5 nitrogen and oxygen atoms in total. The van der Waals surface area contributed by atoms with Gasteiger partial charge in [0.1, 0.15) is 30.4 Å². The standard InChI is InChI=1S/C23H34N3O2/c1-6-8-14-27-22-17-21(23(16-19(22)3)28-15-9-7-2)26(5)24-18-20-12-10-11-13-25(20)4/h10-13,16-18H,6-9,14-15H2,1-5H3/q+1. The second-order valence-electron chi connectivity index (χ2n) is 6.99. The summed E-state index contributed by atoms with van der Waals surface area (Å²) in [7, 11) is 3.94. The summed E-state index contributed by atoms with van der Waals surface area (Å²) in [4.78, 5) is 0. The molecule has 0 fully saturated rings. The zero-order valence-electron chi connectivity index (χ0n) is 17.9. The van der Waals surface area contributed by atoms with Gasteiger partial charge in [-0.05, 0) is 37.5 Å². The first-order chi connectivity index (χ1) is 13.6. The maximum Gasteiger partial charge on any atom is 0.225 e. The molecule has 5 heteroatoms. The molecule has 1 aromatic carbocycles. The first kappa shape index (κ1) is 21.7. The van der Waals surface area contributed by atoms with Crippen LogP contribution in [0, 0.1) is 6.92 Å². The van der Waals surface area contributed by atoms with Gasteiger partial charge in [0, 0.05) is 25.2 Å². The Bertz CT molecular complexity index is 774. The second kappa shape index (κ2) is 11.3. The van der Waals surface area contributed by atoms with Gasteiger partial charge in [-0.15, -0.1) is 0 Å². The number of aromatic nitrogens is 1. The molecule has 0 bridgehead atoms. The first-order valence-electron chi connectivity index (χ1n) is 10.2. The molecule has 1 aromatic heterocycles. The molecule has 28 heavy (non-hydrogen) atoms. The van der Waals surface area contributed by atoms with Crippen molar-refractivity contribution in [3.05, 3.63) is 47.8 Å². The molecule has 0 N–H and O–H groups in total. The predicted octanol–water partition coefficient (Wildman–Crippen LogP) is 4.65. The number of unbranched alkanes of at least 4 members (excludes halogenated alkanes) is 2. The number of hydrogen-bond donors (Lipinski definition) is 0. The van der Waals surface area contributed by atoms with Gasteiger partial charge in [-0.25, -0.2) is 4.57 Å². The van der Waals surface area contributed by atoms with Gasteiger partial charge < -0.3 is 9.47 Å². The summed E-state index contributed by atoms with van der Waals surface area (Å²) in [6.45, 7) is 7.81. The fourth-order valence-electron chi connectivity index (χ4n) is 2.71. The van der Waals surface area contributed by atoms with Crippen LogP contribution in [-0.4, -0.2) is 26.5 Å². The average molecular weight is 385 g/mol. The van der Waals surface area contributed by atoms with E-state index in [1.54, 1.807) is 0 Å². The van der Waals surface area contributed by atoms with Gasteiger partial charge in [0.05, 0.1) is 13.2 Å². The Balaban J connectivity index is 2.28. The van der Waals surface area contributed by atoms with Gasteiger partial charge >= 0.3 is 0 Å². The van der Waals surface area contributed by atoms with E-state index in [-0.39, 0.29) is 0 Å². The van der Waals surface area contributed by atoms with E-state index in [2.05, 4.69) is 31.9 Å². The molecule has 0 saturated heterocycles. The minimum Gasteiger partial charge on any atom is -0.493 e. The lowest BCUT2D eigenvalue weighted by atomic mass is 10.1. The quantitative estimate of drug-likeness (QED) is 0.245. The second-order valence-corrected chi connectivity index (χ2v) is 6.99. The maximum absolute atomic E-state index is 6.06. The van der Waals surface area contributed by atoms with Gasteiger partial charge in [0.15, 0.2) is 6.20 Å². The lowest BCUT2D eigenvalue weighted by molar-refractivity contribution is -0.672. The summed E-state index contributed by atoms with van der Waals surface area (Å²) in [5.41, 5.74) is 3.01. The Morgan fingerprint density at radius 2 is 1.71 bits per heavy atom. The number of hydrazone groups is 1. The molecule has 2 rings (SSSR count). The number of hydrogen-bond acceptors (Lipinski definition) is 4. The van der Waals surface area contributed by atoms with Gasteiger partial charge in [0.25, 0.3) is 0 Å². The molecule has 0 aliphatic heterocycles. The number of anilines is 1. The van der Waals surface area contributed by atoms with E-state index < -0.39 is 0 Å². The molecule has 0 aliphatic rings. The van der Waals surface area contributed by atoms with Gasteiger partial charge in [-0.1, -0.05) is 26.7 Å². The van der Waals surface area contributed by atoms with E-state index in [4.69, 9.17) is 9.47 Å². The fourth-order valence-corrected chi connectivity index (χ4v) is 2.71. The first-order valence-corrected chi connectivity index (χ1v) is 10.2. The summed E-state index contributed by atoms with van der Waals surface area (Å²) in [5.74, 6) is 1.73.